The zero-order valence-corrected chi connectivity index (χ0v) is 10.1. The number of aliphatic hydroxyl groups is 2. The maximum Gasteiger partial charge on any atom is 0.179 e. The average molecular weight is 258 g/mol. The van der Waals surface area contributed by atoms with Gasteiger partial charge in [-0.25, -0.2) is 0 Å². The van der Waals surface area contributed by atoms with Crippen molar-refractivity contribution in [2.75, 3.05) is 14.2 Å². The van der Waals surface area contributed by atoms with Crippen LogP contribution in [0.3, 0.4) is 0 Å². The monoisotopic (exact) mass is 257 g/mol. The molecule has 1 aromatic rings. The molecule has 0 heterocycles. The third kappa shape index (κ3) is 2.61. The zero-order valence-electron chi connectivity index (χ0n) is 9.35. The molecule has 0 saturated carbocycles. The summed E-state index contributed by atoms with van der Waals surface area (Å²) in [4.78, 5) is 0. The molecule has 0 aliphatic heterocycles. The van der Waals surface area contributed by atoms with Gasteiger partial charge in [-0.3, -0.25) is 0 Å². The van der Waals surface area contributed by atoms with Crippen LogP contribution in [0.25, 0.3) is 0 Å². The van der Waals surface area contributed by atoms with Crippen LogP contribution in [0.15, 0.2) is 12.1 Å². The number of benzene rings is 1. The summed E-state index contributed by atoms with van der Waals surface area (Å²) < 4.78 is 10.1. The number of halogens is 1. The number of hydrogen-bond donors (Lipinski definition) is 2. The highest BCUT2D eigenvalue weighted by molar-refractivity contribution is 6.33. The molecule has 0 aliphatic rings. The van der Waals surface area contributed by atoms with Crippen molar-refractivity contribution in [3.63, 3.8) is 0 Å². The Bertz CT molecular complexity index is 444. The number of rotatable bonds is 4. The van der Waals surface area contributed by atoms with Crippen molar-refractivity contribution >= 4 is 11.6 Å². The lowest BCUT2D eigenvalue weighted by atomic mass is 10.0. The second kappa shape index (κ2) is 5.73. The van der Waals surface area contributed by atoms with Crippen LogP contribution in [0.2, 0.25) is 5.02 Å². The molecule has 0 aromatic heterocycles. The van der Waals surface area contributed by atoms with Crippen LogP contribution in [0.1, 0.15) is 11.7 Å². The Kier molecular flexibility index (Phi) is 4.58. The van der Waals surface area contributed by atoms with E-state index in [1.807, 2.05) is 0 Å². The van der Waals surface area contributed by atoms with E-state index in [2.05, 4.69) is 0 Å². The lowest BCUT2D eigenvalue weighted by Gasteiger charge is -2.17. The van der Waals surface area contributed by atoms with Crippen LogP contribution in [0, 0.1) is 11.3 Å². The van der Waals surface area contributed by atoms with Gasteiger partial charge in [-0.2, -0.15) is 5.26 Å². The molecule has 0 spiro atoms. The average Bonchev–Trinajstić information content (AvgIpc) is 2.36. The van der Waals surface area contributed by atoms with Crippen molar-refractivity contribution in [2.24, 2.45) is 0 Å². The van der Waals surface area contributed by atoms with Crippen molar-refractivity contribution in [2.45, 2.75) is 12.2 Å². The van der Waals surface area contributed by atoms with E-state index in [0.717, 1.165) is 0 Å². The van der Waals surface area contributed by atoms with Crippen molar-refractivity contribution < 1.29 is 19.7 Å². The van der Waals surface area contributed by atoms with E-state index in [0.29, 0.717) is 5.75 Å². The SMILES string of the molecule is COc1ccc(C(O)C(O)C#N)c(Cl)c1OC. The Morgan fingerprint density at radius 2 is 1.94 bits per heavy atom. The molecule has 2 atom stereocenters. The molecule has 5 nitrogen and oxygen atoms in total. The molecular weight excluding hydrogens is 246 g/mol. The fourth-order valence-electron chi connectivity index (χ4n) is 1.37. The molecule has 0 saturated heterocycles. The molecule has 6 heteroatoms. The summed E-state index contributed by atoms with van der Waals surface area (Å²) in [6, 6.07) is 4.53. The lowest BCUT2D eigenvalue weighted by molar-refractivity contribution is 0.0527. The first-order chi connectivity index (χ1) is 8.06. The van der Waals surface area contributed by atoms with Crippen LogP contribution >= 0.6 is 11.6 Å². The van der Waals surface area contributed by atoms with Crippen molar-refractivity contribution in [3.8, 4) is 17.6 Å². The minimum Gasteiger partial charge on any atom is -0.493 e. The van der Waals surface area contributed by atoms with Crippen molar-refractivity contribution in [1.29, 1.82) is 5.26 Å². The molecule has 0 bridgehead atoms. The summed E-state index contributed by atoms with van der Waals surface area (Å²) in [5.74, 6) is 0.649. The first-order valence-corrected chi connectivity index (χ1v) is 5.10. The second-order valence-electron chi connectivity index (χ2n) is 3.22. The Morgan fingerprint density at radius 3 is 2.41 bits per heavy atom. The number of nitrogens with zero attached hydrogens (tertiary/aromatic N) is 1. The maximum absolute atomic E-state index is 9.70. The van der Waals surface area contributed by atoms with E-state index in [9.17, 15) is 10.2 Å². The summed E-state index contributed by atoms with van der Waals surface area (Å²) in [6.07, 6.45) is -2.95. The molecule has 2 N–H and O–H groups in total. The summed E-state index contributed by atoms with van der Waals surface area (Å²) in [7, 11) is 2.86. The Hall–Kier alpha value is -1.48. The molecular formula is C11H12ClNO4. The van der Waals surface area contributed by atoms with E-state index < -0.39 is 12.2 Å². The van der Waals surface area contributed by atoms with Gasteiger partial charge in [0.25, 0.3) is 0 Å². The Balaban J connectivity index is 3.24. The minimum absolute atomic E-state index is 0.105. The van der Waals surface area contributed by atoms with Crippen molar-refractivity contribution in [1.82, 2.24) is 0 Å². The van der Waals surface area contributed by atoms with Gasteiger partial charge in [0, 0.05) is 5.56 Å². The molecule has 1 rings (SSSR count). The fourth-order valence-corrected chi connectivity index (χ4v) is 1.72. The number of hydrogen-bond acceptors (Lipinski definition) is 5. The highest BCUT2D eigenvalue weighted by atomic mass is 35.5. The summed E-state index contributed by atoms with van der Waals surface area (Å²) in [5, 5.41) is 27.6. The third-order valence-corrected chi connectivity index (χ3v) is 2.65. The smallest absolute Gasteiger partial charge is 0.179 e. The minimum atomic E-state index is -1.55. The standard InChI is InChI=1S/C11H12ClNO4/c1-16-8-4-3-6(9(12)11(8)17-2)10(15)7(14)5-13/h3-4,7,10,14-15H,1-2H3. The molecule has 0 radical (unpaired) electrons. The van der Waals surface area contributed by atoms with Gasteiger partial charge in [0.1, 0.15) is 6.10 Å². The maximum atomic E-state index is 9.70. The zero-order chi connectivity index (χ0) is 13.0. The van der Waals surface area contributed by atoms with Gasteiger partial charge in [-0.1, -0.05) is 17.7 Å². The predicted octanol–water partition coefficient (Wildman–Crippen LogP) is 1.28. The van der Waals surface area contributed by atoms with E-state index in [1.165, 1.54) is 32.4 Å². The van der Waals surface area contributed by atoms with E-state index in [1.54, 1.807) is 0 Å². The van der Waals surface area contributed by atoms with Gasteiger partial charge in [-0.15, -0.1) is 0 Å². The number of nitriles is 1. The fraction of sp³-hybridized carbons (Fsp3) is 0.364. The topological polar surface area (TPSA) is 82.7 Å². The molecule has 0 fully saturated rings. The highest BCUT2D eigenvalue weighted by Crippen LogP contribution is 2.40. The highest BCUT2D eigenvalue weighted by Gasteiger charge is 2.23. The van der Waals surface area contributed by atoms with Crippen LogP contribution in [-0.2, 0) is 0 Å². The summed E-state index contributed by atoms with van der Waals surface area (Å²) in [5.41, 5.74) is 0.207. The van der Waals surface area contributed by atoms with Crippen LogP contribution in [-0.4, -0.2) is 30.5 Å². The molecule has 92 valence electrons. The molecule has 0 amide bonds. The summed E-state index contributed by atoms with van der Waals surface area (Å²) in [6.45, 7) is 0. The first-order valence-electron chi connectivity index (χ1n) is 4.73. The van der Waals surface area contributed by atoms with E-state index in [-0.39, 0.29) is 16.3 Å². The lowest BCUT2D eigenvalue weighted by Crippen LogP contribution is -2.16. The van der Waals surface area contributed by atoms with Gasteiger partial charge >= 0.3 is 0 Å². The second-order valence-corrected chi connectivity index (χ2v) is 3.60. The predicted molar refractivity (Wildman–Crippen MR) is 61.1 cm³/mol. The number of aliphatic hydroxyl groups excluding tert-OH is 2. The Labute approximate surface area is 104 Å². The molecule has 17 heavy (non-hydrogen) atoms. The number of methoxy groups -OCH3 is 2. The molecule has 1 aromatic carbocycles. The largest absolute Gasteiger partial charge is 0.493 e. The van der Waals surface area contributed by atoms with Crippen LogP contribution in [0.5, 0.6) is 11.5 Å². The van der Waals surface area contributed by atoms with Gasteiger partial charge in [-0.05, 0) is 6.07 Å². The van der Waals surface area contributed by atoms with Crippen LogP contribution < -0.4 is 9.47 Å². The van der Waals surface area contributed by atoms with Crippen LogP contribution in [0.4, 0.5) is 0 Å². The Morgan fingerprint density at radius 1 is 1.29 bits per heavy atom. The number of ether oxygens (including phenoxy) is 2. The van der Waals surface area contributed by atoms with Gasteiger partial charge in [0.15, 0.2) is 17.6 Å². The van der Waals surface area contributed by atoms with Gasteiger partial charge < -0.3 is 19.7 Å². The van der Waals surface area contributed by atoms with E-state index >= 15 is 0 Å². The molecule has 2 unspecified atom stereocenters. The first kappa shape index (κ1) is 13.6. The van der Waals surface area contributed by atoms with Gasteiger partial charge in [0.05, 0.1) is 25.3 Å². The van der Waals surface area contributed by atoms with Crippen molar-refractivity contribution in [3.05, 3.63) is 22.7 Å². The normalized spacial score (nSPS) is 13.6. The summed E-state index contributed by atoms with van der Waals surface area (Å²) >= 11 is 6.00. The van der Waals surface area contributed by atoms with Gasteiger partial charge in [0.2, 0.25) is 0 Å². The molecule has 0 aliphatic carbocycles. The van der Waals surface area contributed by atoms with E-state index in [4.69, 9.17) is 26.3 Å². The third-order valence-electron chi connectivity index (χ3n) is 2.26. The quantitative estimate of drug-likeness (QED) is 0.794.